The van der Waals surface area contributed by atoms with E-state index in [-0.39, 0.29) is 5.56 Å². The van der Waals surface area contributed by atoms with Crippen LogP contribution in [0, 0.1) is 11.7 Å². The number of amides is 1. The molecule has 1 amide bonds. The van der Waals surface area contributed by atoms with Gasteiger partial charge in [0.15, 0.2) is 0 Å². The first-order valence-electron chi connectivity index (χ1n) is 5.94. The van der Waals surface area contributed by atoms with Crippen LogP contribution in [-0.4, -0.2) is 16.1 Å². The summed E-state index contributed by atoms with van der Waals surface area (Å²) in [6.45, 7) is 4.16. The summed E-state index contributed by atoms with van der Waals surface area (Å²) in [5.41, 5.74) is 0.00288. The van der Waals surface area contributed by atoms with Gasteiger partial charge in [0.05, 0.1) is 5.56 Å². The molecule has 0 saturated heterocycles. The third kappa shape index (κ3) is 3.57. The molecule has 2 rings (SSSR count). The second-order valence-corrected chi connectivity index (χ2v) is 5.59. The molecule has 0 saturated carbocycles. The van der Waals surface area contributed by atoms with Crippen LogP contribution in [0.3, 0.4) is 0 Å². The Hall–Kier alpha value is -1.82. The van der Waals surface area contributed by atoms with Crippen LogP contribution in [-0.2, 0) is 6.42 Å². The summed E-state index contributed by atoms with van der Waals surface area (Å²) >= 11 is 1.31. The third-order valence-corrected chi connectivity index (χ3v) is 3.25. The maximum absolute atomic E-state index is 13.4. The quantitative estimate of drug-likeness (QED) is 0.935. The first-order chi connectivity index (χ1) is 9.06. The van der Waals surface area contributed by atoms with Crippen molar-refractivity contribution in [2.75, 3.05) is 5.32 Å². The van der Waals surface area contributed by atoms with Crippen molar-refractivity contribution in [3.63, 3.8) is 0 Å². The molecule has 0 aliphatic heterocycles. The number of carbonyl (C=O) groups excluding carboxylic acids is 1. The van der Waals surface area contributed by atoms with Gasteiger partial charge < -0.3 is 0 Å². The van der Waals surface area contributed by atoms with Gasteiger partial charge in [0.2, 0.25) is 5.13 Å². The number of hydrogen-bond donors (Lipinski definition) is 1. The highest BCUT2D eigenvalue weighted by Gasteiger charge is 2.13. The van der Waals surface area contributed by atoms with Crippen LogP contribution < -0.4 is 5.32 Å². The Morgan fingerprint density at radius 3 is 2.79 bits per heavy atom. The van der Waals surface area contributed by atoms with Crippen LogP contribution in [0.2, 0.25) is 0 Å². The molecule has 0 bridgehead atoms. The van der Waals surface area contributed by atoms with Gasteiger partial charge in [-0.2, -0.15) is 0 Å². The minimum Gasteiger partial charge on any atom is -0.296 e. The van der Waals surface area contributed by atoms with E-state index < -0.39 is 11.7 Å². The second kappa shape index (κ2) is 5.88. The van der Waals surface area contributed by atoms with Gasteiger partial charge in [-0.05, 0) is 18.1 Å². The minimum atomic E-state index is -0.549. The molecule has 1 aromatic heterocycles. The van der Waals surface area contributed by atoms with E-state index in [1.54, 1.807) is 6.07 Å². The number of anilines is 1. The van der Waals surface area contributed by atoms with Crippen LogP contribution in [0.4, 0.5) is 9.52 Å². The molecule has 2 aromatic rings. The maximum atomic E-state index is 13.4. The van der Waals surface area contributed by atoms with E-state index in [1.807, 2.05) is 0 Å². The maximum Gasteiger partial charge on any atom is 0.260 e. The lowest BCUT2D eigenvalue weighted by atomic mass is 10.1. The van der Waals surface area contributed by atoms with Gasteiger partial charge in [0, 0.05) is 6.42 Å². The summed E-state index contributed by atoms with van der Waals surface area (Å²) in [5, 5.41) is 11.7. The highest BCUT2D eigenvalue weighted by Crippen LogP contribution is 2.19. The topological polar surface area (TPSA) is 54.9 Å². The molecule has 1 N–H and O–H groups in total. The van der Waals surface area contributed by atoms with Crippen molar-refractivity contribution in [2.24, 2.45) is 5.92 Å². The average molecular weight is 279 g/mol. The van der Waals surface area contributed by atoms with Crippen molar-refractivity contribution in [1.29, 1.82) is 0 Å². The summed E-state index contributed by atoms with van der Waals surface area (Å²) in [4.78, 5) is 11.9. The Kier molecular flexibility index (Phi) is 4.21. The fourth-order valence-electron chi connectivity index (χ4n) is 1.55. The summed E-state index contributed by atoms with van der Waals surface area (Å²) in [5.74, 6) is -0.583. The van der Waals surface area contributed by atoms with E-state index in [0.717, 1.165) is 11.4 Å². The molecule has 0 aliphatic carbocycles. The zero-order valence-corrected chi connectivity index (χ0v) is 11.5. The number of nitrogens with zero attached hydrogens (tertiary/aromatic N) is 2. The van der Waals surface area contributed by atoms with Crippen LogP contribution >= 0.6 is 11.3 Å². The number of aromatic nitrogens is 2. The highest BCUT2D eigenvalue weighted by molar-refractivity contribution is 7.15. The Labute approximate surface area is 114 Å². The van der Waals surface area contributed by atoms with Crippen LogP contribution in [0.1, 0.15) is 29.2 Å². The van der Waals surface area contributed by atoms with Crippen molar-refractivity contribution in [2.45, 2.75) is 20.3 Å². The molecule has 0 spiro atoms. The van der Waals surface area contributed by atoms with Crippen molar-refractivity contribution in [1.82, 2.24) is 10.2 Å². The Bertz CT molecular complexity index is 583. The highest BCUT2D eigenvalue weighted by atomic mass is 32.1. The average Bonchev–Trinajstić information content (AvgIpc) is 2.76. The monoisotopic (exact) mass is 279 g/mol. The lowest BCUT2D eigenvalue weighted by Crippen LogP contribution is -2.13. The first-order valence-corrected chi connectivity index (χ1v) is 6.76. The molecular weight excluding hydrogens is 265 g/mol. The lowest BCUT2D eigenvalue weighted by molar-refractivity contribution is 0.102. The predicted molar refractivity (Wildman–Crippen MR) is 72.8 cm³/mol. The van der Waals surface area contributed by atoms with E-state index in [1.165, 1.54) is 29.5 Å². The first kappa shape index (κ1) is 13.6. The van der Waals surface area contributed by atoms with E-state index >= 15 is 0 Å². The van der Waals surface area contributed by atoms with Gasteiger partial charge in [-0.15, -0.1) is 10.2 Å². The molecule has 0 fully saturated rings. The number of rotatable bonds is 4. The molecule has 0 radical (unpaired) electrons. The van der Waals surface area contributed by atoms with Crippen LogP contribution in [0.15, 0.2) is 24.3 Å². The molecule has 1 heterocycles. The van der Waals surface area contributed by atoms with Crippen LogP contribution in [0.5, 0.6) is 0 Å². The predicted octanol–water partition coefficient (Wildman–Crippen LogP) is 3.13. The largest absolute Gasteiger partial charge is 0.296 e. The van der Waals surface area contributed by atoms with Gasteiger partial charge in [-0.25, -0.2) is 4.39 Å². The summed E-state index contributed by atoms with van der Waals surface area (Å²) in [6.07, 6.45) is 0.813. The molecular formula is C13H14FN3OS. The third-order valence-electron chi connectivity index (χ3n) is 2.39. The van der Waals surface area contributed by atoms with Gasteiger partial charge in [0.1, 0.15) is 10.8 Å². The van der Waals surface area contributed by atoms with E-state index in [4.69, 9.17) is 0 Å². The normalized spacial score (nSPS) is 10.7. The van der Waals surface area contributed by atoms with Crippen molar-refractivity contribution in [3.8, 4) is 0 Å². The summed E-state index contributed by atoms with van der Waals surface area (Å²) in [6, 6.07) is 5.83. The number of nitrogens with one attached hydrogen (secondary N) is 1. The Balaban J connectivity index is 2.07. The fourth-order valence-corrected chi connectivity index (χ4v) is 2.49. The van der Waals surface area contributed by atoms with Gasteiger partial charge in [0.25, 0.3) is 5.91 Å². The standard InChI is InChI=1S/C13H14FN3OS/c1-8(2)7-11-16-17-13(19-11)15-12(18)9-5-3-4-6-10(9)14/h3-6,8H,7H2,1-2H3,(H,15,17,18). The van der Waals surface area contributed by atoms with Crippen molar-refractivity contribution >= 4 is 22.4 Å². The molecule has 4 nitrogen and oxygen atoms in total. The van der Waals surface area contributed by atoms with Gasteiger partial charge in [-0.3, -0.25) is 10.1 Å². The Morgan fingerprint density at radius 2 is 2.11 bits per heavy atom. The lowest BCUT2D eigenvalue weighted by Gasteiger charge is -2.01. The minimum absolute atomic E-state index is 0.00288. The number of carbonyl (C=O) groups is 1. The molecule has 0 aliphatic rings. The molecule has 6 heteroatoms. The molecule has 100 valence electrons. The zero-order chi connectivity index (χ0) is 13.8. The van der Waals surface area contributed by atoms with Gasteiger partial charge >= 0.3 is 0 Å². The number of halogens is 1. The molecule has 1 aromatic carbocycles. The molecule has 19 heavy (non-hydrogen) atoms. The van der Waals surface area contributed by atoms with Crippen molar-refractivity contribution in [3.05, 3.63) is 40.7 Å². The summed E-state index contributed by atoms with van der Waals surface area (Å²) < 4.78 is 13.4. The molecule has 0 unspecified atom stereocenters. The van der Waals surface area contributed by atoms with Crippen LogP contribution in [0.25, 0.3) is 0 Å². The SMILES string of the molecule is CC(C)Cc1nnc(NC(=O)c2ccccc2F)s1. The number of benzene rings is 1. The Morgan fingerprint density at radius 1 is 1.37 bits per heavy atom. The number of hydrogen-bond acceptors (Lipinski definition) is 4. The van der Waals surface area contributed by atoms with Crippen molar-refractivity contribution < 1.29 is 9.18 Å². The van der Waals surface area contributed by atoms with Gasteiger partial charge in [-0.1, -0.05) is 37.3 Å². The van der Waals surface area contributed by atoms with E-state index in [2.05, 4.69) is 29.4 Å². The zero-order valence-electron chi connectivity index (χ0n) is 10.7. The second-order valence-electron chi connectivity index (χ2n) is 4.53. The summed E-state index contributed by atoms with van der Waals surface area (Å²) in [7, 11) is 0. The smallest absolute Gasteiger partial charge is 0.260 e. The van der Waals surface area contributed by atoms with E-state index in [9.17, 15) is 9.18 Å². The fraction of sp³-hybridized carbons (Fsp3) is 0.308. The molecule has 0 atom stereocenters. The van der Waals surface area contributed by atoms with E-state index in [0.29, 0.717) is 11.0 Å².